The zero-order chi connectivity index (χ0) is 13.6. The molecule has 0 aromatic rings. The minimum atomic E-state index is -0.954. The quantitative estimate of drug-likeness (QED) is 0.512. The molecule has 0 aromatic heterocycles. The number of hydrogen-bond donors (Lipinski definition) is 3. The lowest BCUT2D eigenvalue weighted by Crippen LogP contribution is -2.56. The molecule has 0 unspecified atom stereocenters. The van der Waals surface area contributed by atoms with Gasteiger partial charge in [-0.1, -0.05) is 43.6 Å². The molecule has 0 bridgehead atoms. The highest BCUT2D eigenvalue weighted by Gasteiger charge is 2.31. The van der Waals surface area contributed by atoms with Gasteiger partial charge in [0, 0.05) is 12.1 Å². The van der Waals surface area contributed by atoms with Gasteiger partial charge in [0.25, 0.3) is 11.8 Å². The van der Waals surface area contributed by atoms with Crippen LogP contribution in [0.3, 0.4) is 0 Å². The first-order chi connectivity index (χ1) is 7.73. The number of amides is 4. The van der Waals surface area contributed by atoms with E-state index in [4.69, 9.17) is 0 Å². The number of carbonyl (C=O) groups is 3. The molecule has 0 aliphatic carbocycles. The molecule has 1 aliphatic rings. The number of carbonyl (C=O) groups excluding carboxylic acids is 3. The van der Waals surface area contributed by atoms with E-state index in [0.717, 1.165) is 0 Å². The van der Waals surface area contributed by atoms with E-state index < -0.39 is 22.7 Å². The van der Waals surface area contributed by atoms with E-state index in [9.17, 15) is 14.4 Å². The molecular formula is C10H18BrN3O3. The molecule has 1 fully saturated rings. The van der Waals surface area contributed by atoms with E-state index in [1.54, 1.807) is 0 Å². The predicted molar refractivity (Wildman–Crippen MR) is 67.8 cm³/mol. The van der Waals surface area contributed by atoms with Gasteiger partial charge in [0.15, 0.2) is 4.83 Å². The summed E-state index contributed by atoms with van der Waals surface area (Å²) < 4.78 is 0. The molecule has 1 rings (SSSR count). The van der Waals surface area contributed by atoms with E-state index in [-0.39, 0.29) is 0 Å². The first-order valence-corrected chi connectivity index (χ1v) is 6.21. The van der Waals surface area contributed by atoms with Gasteiger partial charge in [0.1, 0.15) is 0 Å². The van der Waals surface area contributed by atoms with Crippen LogP contribution in [0.25, 0.3) is 0 Å². The van der Waals surface area contributed by atoms with Gasteiger partial charge in [0.2, 0.25) is 0 Å². The average molecular weight is 308 g/mol. The first kappa shape index (κ1) is 16.1. The summed E-state index contributed by atoms with van der Waals surface area (Å²) in [6, 6.07) is 0.478. The van der Waals surface area contributed by atoms with Crippen LogP contribution in [0.2, 0.25) is 0 Å². The number of barbiturate groups is 1. The van der Waals surface area contributed by atoms with Crippen LogP contribution >= 0.6 is 15.9 Å². The van der Waals surface area contributed by atoms with E-state index in [2.05, 4.69) is 48.9 Å². The summed E-state index contributed by atoms with van der Waals surface area (Å²) in [6.45, 7) is 8.61. The lowest BCUT2D eigenvalue weighted by molar-refractivity contribution is -0.128. The zero-order valence-electron chi connectivity index (χ0n) is 10.3. The molecule has 1 saturated heterocycles. The molecule has 0 aromatic carbocycles. The number of imide groups is 2. The van der Waals surface area contributed by atoms with Crippen molar-refractivity contribution in [3.8, 4) is 0 Å². The zero-order valence-corrected chi connectivity index (χ0v) is 11.9. The Morgan fingerprint density at radius 2 is 1.35 bits per heavy atom. The van der Waals surface area contributed by atoms with Gasteiger partial charge in [-0.2, -0.15) is 0 Å². The van der Waals surface area contributed by atoms with Crippen LogP contribution in [0.15, 0.2) is 0 Å². The molecule has 17 heavy (non-hydrogen) atoms. The molecule has 1 aliphatic heterocycles. The highest BCUT2D eigenvalue weighted by atomic mass is 79.9. The third-order valence-corrected chi connectivity index (χ3v) is 2.43. The number of hydrogen-bond acceptors (Lipinski definition) is 4. The summed E-state index contributed by atoms with van der Waals surface area (Å²) in [7, 11) is 0. The van der Waals surface area contributed by atoms with E-state index >= 15 is 0 Å². The molecule has 3 N–H and O–H groups in total. The maximum absolute atomic E-state index is 10.6. The van der Waals surface area contributed by atoms with Gasteiger partial charge in [-0.3, -0.25) is 20.2 Å². The third-order valence-electron chi connectivity index (χ3n) is 1.60. The maximum Gasteiger partial charge on any atom is 0.328 e. The Bertz CT molecular complexity index is 279. The van der Waals surface area contributed by atoms with E-state index in [1.807, 2.05) is 10.6 Å². The molecule has 4 amide bonds. The number of rotatable bonds is 2. The second-order valence-electron chi connectivity index (χ2n) is 4.15. The minimum absolute atomic E-state index is 0.625. The molecular weight excluding hydrogens is 290 g/mol. The monoisotopic (exact) mass is 307 g/mol. The van der Waals surface area contributed by atoms with Crippen molar-refractivity contribution in [2.75, 3.05) is 0 Å². The van der Waals surface area contributed by atoms with Gasteiger partial charge >= 0.3 is 6.03 Å². The predicted octanol–water partition coefficient (Wildman–Crippen LogP) is 0.509. The van der Waals surface area contributed by atoms with Gasteiger partial charge < -0.3 is 5.32 Å². The summed E-state index contributed by atoms with van der Waals surface area (Å²) in [5.74, 6) is -1.26. The molecule has 0 atom stereocenters. The van der Waals surface area contributed by atoms with Gasteiger partial charge in [0.05, 0.1) is 0 Å². The molecule has 7 heteroatoms. The van der Waals surface area contributed by atoms with Crippen molar-refractivity contribution in [2.45, 2.75) is 44.6 Å². The summed E-state index contributed by atoms with van der Waals surface area (Å²) in [5, 5.41) is 7.11. The first-order valence-electron chi connectivity index (χ1n) is 5.29. The summed E-state index contributed by atoms with van der Waals surface area (Å²) in [6.07, 6.45) is 0. The molecule has 0 spiro atoms. The van der Waals surface area contributed by atoms with Crippen molar-refractivity contribution in [2.24, 2.45) is 0 Å². The second kappa shape index (κ2) is 7.39. The van der Waals surface area contributed by atoms with Crippen LogP contribution < -0.4 is 16.0 Å². The normalized spacial score (nSPS) is 16.5. The Kier molecular flexibility index (Phi) is 6.98. The third kappa shape index (κ3) is 7.06. The van der Waals surface area contributed by atoms with Crippen LogP contribution in [0.1, 0.15) is 27.7 Å². The molecule has 0 saturated carbocycles. The molecule has 1 heterocycles. The van der Waals surface area contributed by atoms with Crippen LogP contribution in [-0.2, 0) is 9.59 Å². The highest BCUT2D eigenvalue weighted by Crippen LogP contribution is 2.02. The van der Waals surface area contributed by atoms with Gasteiger partial charge in [-0.15, -0.1) is 0 Å². The number of urea groups is 1. The Morgan fingerprint density at radius 1 is 1.00 bits per heavy atom. The van der Waals surface area contributed by atoms with Gasteiger partial charge in [-0.25, -0.2) is 4.79 Å². The topological polar surface area (TPSA) is 87.3 Å². The fraction of sp³-hybridized carbons (Fsp3) is 0.700. The maximum atomic E-state index is 10.6. The lowest BCUT2D eigenvalue weighted by Gasteiger charge is -2.14. The highest BCUT2D eigenvalue weighted by molar-refractivity contribution is 9.10. The average Bonchev–Trinajstić information content (AvgIpc) is 2.12. The Morgan fingerprint density at radius 3 is 1.59 bits per heavy atom. The van der Waals surface area contributed by atoms with Crippen molar-refractivity contribution in [3.63, 3.8) is 0 Å². The fourth-order valence-electron chi connectivity index (χ4n) is 1.17. The SMILES string of the molecule is CC(C)NC(C)C.O=C1NC(=O)C(Br)C(=O)N1. The largest absolute Gasteiger partial charge is 0.328 e. The Balaban J connectivity index is 0.000000325. The van der Waals surface area contributed by atoms with Crippen molar-refractivity contribution in [3.05, 3.63) is 0 Å². The van der Waals surface area contributed by atoms with Crippen LogP contribution in [0, 0.1) is 0 Å². The van der Waals surface area contributed by atoms with Crippen LogP contribution in [0.5, 0.6) is 0 Å². The fourth-order valence-corrected chi connectivity index (χ4v) is 1.40. The van der Waals surface area contributed by atoms with Gasteiger partial charge in [-0.05, 0) is 0 Å². The number of nitrogens with one attached hydrogen (secondary N) is 3. The number of halogens is 1. The summed E-state index contributed by atoms with van der Waals surface area (Å²) in [4.78, 5) is 30.5. The van der Waals surface area contributed by atoms with Crippen LogP contribution in [-0.4, -0.2) is 34.8 Å². The second-order valence-corrected chi connectivity index (χ2v) is 5.06. The smallest absolute Gasteiger partial charge is 0.312 e. The minimum Gasteiger partial charge on any atom is -0.312 e. The van der Waals surface area contributed by atoms with Crippen molar-refractivity contribution >= 4 is 33.8 Å². The standard InChI is InChI=1S/C6H15N.C4H3BrN2O3/c1-5(2)7-6(3)4;5-1-2(8)6-4(10)7-3(1)9/h5-7H,1-4H3;1H,(H2,6,7,8,9,10). The molecule has 6 nitrogen and oxygen atoms in total. The number of alkyl halides is 1. The van der Waals surface area contributed by atoms with E-state index in [0.29, 0.717) is 12.1 Å². The van der Waals surface area contributed by atoms with Crippen LogP contribution in [0.4, 0.5) is 4.79 Å². The van der Waals surface area contributed by atoms with Crippen molar-refractivity contribution in [1.29, 1.82) is 0 Å². The molecule has 0 radical (unpaired) electrons. The Labute approximate surface area is 109 Å². The van der Waals surface area contributed by atoms with Crippen molar-refractivity contribution in [1.82, 2.24) is 16.0 Å². The lowest BCUT2D eigenvalue weighted by atomic mass is 10.3. The summed E-state index contributed by atoms with van der Waals surface area (Å²) >= 11 is 2.77. The van der Waals surface area contributed by atoms with Crippen molar-refractivity contribution < 1.29 is 14.4 Å². The van der Waals surface area contributed by atoms with E-state index in [1.165, 1.54) is 0 Å². The Hall–Kier alpha value is -0.950. The molecule has 98 valence electrons. The summed E-state index contributed by atoms with van der Waals surface area (Å²) in [5.41, 5.74) is 0.